The summed E-state index contributed by atoms with van der Waals surface area (Å²) in [5.41, 5.74) is 6.87. The standard InChI is InChI=1S/C20H18Cl2F3N3/c1-13(26)28(2)12-27-18-6-3-14(4-7-18)5-8-19(20(23,24)25)15-9-16(21)11-17(22)10-15/h3-12,19,26H,1-2H3/p+1. The van der Waals surface area contributed by atoms with Gasteiger partial charge in [0.05, 0.1) is 13.0 Å². The fraction of sp³-hybridized carbons (Fsp3) is 0.200. The molecule has 148 valence electrons. The molecule has 0 heterocycles. The summed E-state index contributed by atoms with van der Waals surface area (Å²) in [6, 6.07) is 10.7. The van der Waals surface area contributed by atoms with E-state index in [0.29, 0.717) is 17.1 Å². The lowest BCUT2D eigenvalue weighted by molar-refractivity contribution is -0.361. The molecule has 2 aromatic rings. The summed E-state index contributed by atoms with van der Waals surface area (Å²) in [6.07, 6.45) is -0.427. The lowest BCUT2D eigenvalue weighted by Gasteiger charge is -2.18. The van der Waals surface area contributed by atoms with Gasteiger partial charge in [-0.3, -0.25) is 0 Å². The Balaban J connectivity index is 2.24. The Labute approximate surface area is 171 Å². The van der Waals surface area contributed by atoms with Gasteiger partial charge in [-0.05, 0) is 41.5 Å². The second-order valence-corrected chi connectivity index (χ2v) is 7.04. The summed E-state index contributed by atoms with van der Waals surface area (Å²) in [4.78, 5) is 4.24. The Kier molecular flexibility index (Phi) is 7.27. The molecule has 2 N–H and O–H groups in total. The van der Waals surface area contributed by atoms with Gasteiger partial charge in [-0.15, -0.1) is 4.99 Å². The first-order valence-corrected chi connectivity index (χ1v) is 8.99. The van der Waals surface area contributed by atoms with Gasteiger partial charge in [-0.2, -0.15) is 13.2 Å². The lowest BCUT2D eigenvalue weighted by atomic mass is 9.97. The number of benzene rings is 2. The zero-order valence-electron chi connectivity index (χ0n) is 15.2. The van der Waals surface area contributed by atoms with Gasteiger partial charge in [0.1, 0.15) is 5.69 Å². The first-order chi connectivity index (χ1) is 13.1. The minimum absolute atomic E-state index is 0.0149. The Hall–Kier alpha value is -2.31. The Morgan fingerprint density at radius 3 is 2.18 bits per heavy atom. The molecule has 0 aliphatic carbocycles. The van der Waals surface area contributed by atoms with Crippen LogP contribution in [0.5, 0.6) is 0 Å². The minimum Gasteiger partial charge on any atom is -0.323 e. The predicted molar refractivity (Wildman–Crippen MR) is 110 cm³/mol. The quantitative estimate of drug-likeness (QED) is 0.352. The van der Waals surface area contributed by atoms with Gasteiger partial charge in [0.15, 0.2) is 5.84 Å². The normalized spacial score (nSPS) is 14.5. The number of halogens is 5. The SMILES string of the molecule is CC(N)=[N+](C)C=Nc1ccc(C=CC(c2cc(Cl)cc(Cl)c2)C(F)(F)F)cc1. The average Bonchev–Trinajstić information content (AvgIpc) is 2.58. The Bertz CT molecular complexity index is 893. The van der Waals surface area contributed by atoms with E-state index in [0.717, 1.165) is 6.08 Å². The number of hydrogen-bond acceptors (Lipinski definition) is 1. The van der Waals surface area contributed by atoms with E-state index in [-0.39, 0.29) is 15.6 Å². The monoisotopic (exact) mass is 428 g/mol. The summed E-state index contributed by atoms with van der Waals surface area (Å²) in [6.45, 7) is 1.74. The number of allylic oxidation sites excluding steroid dienone is 1. The Morgan fingerprint density at radius 2 is 1.68 bits per heavy atom. The molecule has 0 bridgehead atoms. The molecule has 0 spiro atoms. The maximum Gasteiger partial charge on any atom is 0.399 e. The number of nitrogens with zero attached hydrogens (tertiary/aromatic N) is 2. The summed E-state index contributed by atoms with van der Waals surface area (Å²) in [7, 11) is 1.76. The molecule has 0 saturated heterocycles. The van der Waals surface area contributed by atoms with Crippen LogP contribution in [0.4, 0.5) is 18.9 Å². The Morgan fingerprint density at radius 1 is 1.11 bits per heavy atom. The van der Waals surface area contributed by atoms with Crippen LogP contribution in [-0.2, 0) is 0 Å². The fourth-order valence-corrected chi connectivity index (χ4v) is 2.83. The number of hydrogen-bond donors (Lipinski definition) is 1. The molecule has 3 nitrogen and oxygen atoms in total. The van der Waals surface area contributed by atoms with Crippen molar-refractivity contribution in [3.05, 3.63) is 69.7 Å². The number of amidine groups is 1. The van der Waals surface area contributed by atoms with Crippen LogP contribution in [-0.4, -0.2) is 30.0 Å². The van der Waals surface area contributed by atoms with Crippen molar-refractivity contribution in [1.82, 2.24) is 0 Å². The second-order valence-electron chi connectivity index (χ2n) is 6.17. The van der Waals surface area contributed by atoms with E-state index >= 15 is 0 Å². The minimum atomic E-state index is -4.48. The number of alkyl halides is 3. The van der Waals surface area contributed by atoms with Crippen molar-refractivity contribution >= 4 is 47.1 Å². The third-order valence-corrected chi connectivity index (χ3v) is 4.34. The maximum absolute atomic E-state index is 13.5. The average molecular weight is 429 g/mol. The molecule has 8 heteroatoms. The molecule has 0 saturated carbocycles. The molecule has 0 amide bonds. The van der Waals surface area contributed by atoms with E-state index < -0.39 is 12.1 Å². The fourth-order valence-electron chi connectivity index (χ4n) is 2.29. The summed E-state index contributed by atoms with van der Waals surface area (Å²) >= 11 is 11.7. The number of nitrogens with two attached hydrogens (primary N) is 1. The van der Waals surface area contributed by atoms with Crippen LogP contribution in [0.3, 0.4) is 0 Å². The van der Waals surface area contributed by atoms with Gasteiger partial charge in [-0.1, -0.05) is 47.5 Å². The summed E-state index contributed by atoms with van der Waals surface area (Å²) in [5, 5.41) is 0.310. The molecule has 0 aliphatic heterocycles. The van der Waals surface area contributed by atoms with Crippen LogP contribution >= 0.6 is 23.2 Å². The van der Waals surface area contributed by atoms with Crippen molar-refractivity contribution in [2.24, 2.45) is 10.7 Å². The number of aliphatic imine (C=N–C) groups is 1. The molecule has 1 unspecified atom stereocenters. The largest absolute Gasteiger partial charge is 0.399 e. The van der Waals surface area contributed by atoms with Gasteiger partial charge < -0.3 is 5.73 Å². The van der Waals surface area contributed by atoms with E-state index in [1.165, 1.54) is 24.3 Å². The van der Waals surface area contributed by atoms with Crippen LogP contribution < -0.4 is 5.73 Å². The van der Waals surface area contributed by atoms with Crippen molar-refractivity contribution in [3.8, 4) is 0 Å². The summed E-state index contributed by atoms with van der Waals surface area (Å²) < 4.78 is 42.2. The van der Waals surface area contributed by atoms with Crippen LogP contribution in [0.1, 0.15) is 24.0 Å². The zero-order valence-corrected chi connectivity index (χ0v) is 16.7. The van der Waals surface area contributed by atoms with E-state index in [1.54, 1.807) is 49.2 Å². The van der Waals surface area contributed by atoms with Crippen molar-refractivity contribution in [2.45, 2.75) is 19.0 Å². The smallest absolute Gasteiger partial charge is 0.323 e. The third kappa shape index (κ3) is 6.39. The molecule has 1 atom stereocenters. The van der Waals surface area contributed by atoms with Crippen molar-refractivity contribution in [3.63, 3.8) is 0 Å². The second kappa shape index (κ2) is 9.26. The first-order valence-electron chi connectivity index (χ1n) is 8.23. The van der Waals surface area contributed by atoms with Crippen molar-refractivity contribution in [2.75, 3.05) is 7.05 Å². The van der Waals surface area contributed by atoms with Crippen LogP contribution in [0.25, 0.3) is 6.08 Å². The topological polar surface area (TPSA) is 41.4 Å². The van der Waals surface area contributed by atoms with E-state index in [2.05, 4.69) is 4.99 Å². The molecule has 2 rings (SSSR count). The molecule has 2 aromatic carbocycles. The lowest BCUT2D eigenvalue weighted by Crippen LogP contribution is -2.20. The van der Waals surface area contributed by atoms with Crippen molar-refractivity contribution in [1.29, 1.82) is 0 Å². The van der Waals surface area contributed by atoms with Gasteiger partial charge in [0.25, 0.3) is 0 Å². The first kappa shape index (κ1) is 22.0. The zero-order chi connectivity index (χ0) is 20.9. The highest BCUT2D eigenvalue weighted by atomic mass is 35.5. The van der Waals surface area contributed by atoms with Crippen LogP contribution in [0.15, 0.2) is 53.5 Å². The predicted octanol–water partition coefficient (Wildman–Crippen LogP) is 6.03. The molecule has 0 aliphatic rings. The number of rotatable bonds is 5. The van der Waals surface area contributed by atoms with Gasteiger partial charge in [0.2, 0.25) is 6.34 Å². The van der Waals surface area contributed by atoms with Gasteiger partial charge in [-0.25, -0.2) is 4.58 Å². The maximum atomic E-state index is 13.5. The highest BCUT2D eigenvalue weighted by molar-refractivity contribution is 6.34. The molecule has 0 fully saturated rings. The highest BCUT2D eigenvalue weighted by Gasteiger charge is 2.39. The van der Waals surface area contributed by atoms with Crippen molar-refractivity contribution < 1.29 is 17.7 Å². The molecule has 28 heavy (non-hydrogen) atoms. The van der Waals surface area contributed by atoms with E-state index in [9.17, 15) is 13.2 Å². The van der Waals surface area contributed by atoms with Gasteiger partial charge in [0, 0.05) is 17.0 Å². The van der Waals surface area contributed by atoms with Crippen LogP contribution in [0.2, 0.25) is 10.0 Å². The third-order valence-electron chi connectivity index (χ3n) is 3.91. The summed E-state index contributed by atoms with van der Waals surface area (Å²) in [5.74, 6) is -1.24. The van der Waals surface area contributed by atoms with Gasteiger partial charge >= 0.3 is 6.18 Å². The molecule has 0 radical (unpaired) electrons. The molecular formula is C20H19Cl2F3N3+. The molecule has 0 aromatic heterocycles. The highest BCUT2D eigenvalue weighted by Crippen LogP contribution is 2.38. The van der Waals surface area contributed by atoms with Crippen LogP contribution in [0, 0.1) is 0 Å². The van der Waals surface area contributed by atoms with E-state index in [1.807, 2.05) is 0 Å². The molecular weight excluding hydrogens is 410 g/mol. The van der Waals surface area contributed by atoms with E-state index in [4.69, 9.17) is 28.9 Å².